The molecule has 116 valence electrons. The van der Waals surface area contributed by atoms with Gasteiger partial charge in [-0.3, -0.25) is 4.98 Å². The Labute approximate surface area is 126 Å². The van der Waals surface area contributed by atoms with E-state index in [9.17, 15) is 8.42 Å². The second-order valence-corrected chi connectivity index (χ2v) is 8.15. The maximum atomic E-state index is 12.4. The van der Waals surface area contributed by atoms with Crippen LogP contribution in [0.3, 0.4) is 0 Å². The lowest BCUT2D eigenvalue weighted by Crippen LogP contribution is -2.40. The molecule has 2 saturated carbocycles. The number of nitrogens with one attached hydrogen (secondary N) is 1. The van der Waals surface area contributed by atoms with E-state index in [1.807, 2.05) is 6.92 Å². The summed E-state index contributed by atoms with van der Waals surface area (Å²) in [6.07, 6.45) is 6.42. The van der Waals surface area contributed by atoms with Gasteiger partial charge in [0.05, 0.1) is 5.69 Å². The van der Waals surface area contributed by atoms with Gasteiger partial charge >= 0.3 is 0 Å². The summed E-state index contributed by atoms with van der Waals surface area (Å²) in [6, 6.07) is 3.22. The molecular weight excluding hydrogens is 286 g/mol. The number of aromatic nitrogens is 1. The standard InChI is InChI=1S/C15H23N3O2S/c1-10(15-7-11-2-3-12(15)6-11)18-21(19,20)14-5-4-13(8-16)17-9-14/h4-5,9-12,15,18H,2-3,6-8,16H2,1H3. The van der Waals surface area contributed by atoms with E-state index in [0.29, 0.717) is 24.1 Å². The number of nitrogens with zero attached hydrogens (tertiary/aromatic N) is 1. The van der Waals surface area contributed by atoms with E-state index in [0.717, 1.165) is 5.92 Å². The Hall–Kier alpha value is -0.980. The summed E-state index contributed by atoms with van der Waals surface area (Å²) in [5.74, 6) is 2.00. The predicted molar refractivity (Wildman–Crippen MR) is 80.8 cm³/mol. The summed E-state index contributed by atoms with van der Waals surface area (Å²) in [5.41, 5.74) is 6.17. The largest absolute Gasteiger partial charge is 0.325 e. The fraction of sp³-hybridized carbons (Fsp3) is 0.667. The lowest BCUT2D eigenvalue weighted by Gasteiger charge is -2.28. The first-order valence-corrected chi connectivity index (χ1v) is 9.15. The molecule has 0 spiro atoms. The molecule has 1 aromatic rings. The van der Waals surface area contributed by atoms with Crippen molar-refractivity contribution in [3.05, 3.63) is 24.0 Å². The zero-order valence-corrected chi connectivity index (χ0v) is 13.1. The lowest BCUT2D eigenvalue weighted by molar-refractivity contribution is 0.280. The lowest BCUT2D eigenvalue weighted by atomic mass is 9.84. The van der Waals surface area contributed by atoms with Crippen molar-refractivity contribution in [3.63, 3.8) is 0 Å². The number of hydrogen-bond acceptors (Lipinski definition) is 4. The van der Waals surface area contributed by atoms with Crippen LogP contribution in [-0.2, 0) is 16.6 Å². The van der Waals surface area contributed by atoms with Crippen molar-refractivity contribution in [3.8, 4) is 0 Å². The van der Waals surface area contributed by atoms with Gasteiger partial charge in [-0.05, 0) is 56.1 Å². The minimum absolute atomic E-state index is 0.0144. The molecule has 3 rings (SSSR count). The van der Waals surface area contributed by atoms with Crippen molar-refractivity contribution in [2.24, 2.45) is 23.5 Å². The van der Waals surface area contributed by atoms with Crippen LogP contribution in [0.1, 0.15) is 38.3 Å². The molecule has 6 heteroatoms. The molecule has 5 nitrogen and oxygen atoms in total. The molecule has 0 aromatic carbocycles. The maximum absolute atomic E-state index is 12.4. The number of fused-ring (bicyclic) bond motifs is 2. The molecule has 21 heavy (non-hydrogen) atoms. The van der Waals surface area contributed by atoms with Crippen LogP contribution >= 0.6 is 0 Å². The van der Waals surface area contributed by atoms with Crippen LogP contribution in [0, 0.1) is 17.8 Å². The van der Waals surface area contributed by atoms with Crippen LogP contribution in [0.2, 0.25) is 0 Å². The normalized spacial score (nSPS) is 29.7. The average Bonchev–Trinajstić information content (AvgIpc) is 3.09. The SMILES string of the molecule is CC(NS(=O)(=O)c1ccc(CN)nc1)C1CC2CCC1C2. The number of nitrogens with two attached hydrogens (primary N) is 1. The number of hydrogen-bond donors (Lipinski definition) is 2. The Morgan fingerprint density at radius 1 is 1.38 bits per heavy atom. The van der Waals surface area contributed by atoms with E-state index in [2.05, 4.69) is 9.71 Å². The second kappa shape index (κ2) is 5.66. The highest BCUT2D eigenvalue weighted by Crippen LogP contribution is 2.49. The van der Waals surface area contributed by atoms with E-state index < -0.39 is 10.0 Å². The summed E-state index contributed by atoms with van der Waals surface area (Å²) in [4.78, 5) is 4.28. The molecule has 0 amide bonds. The molecule has 0 aliphatic heterocycles. The molecule has 2 aliphatic carbocycles. The van der Waals surface area contributed by atoms with Gasteiger partial charge in [0.1, 0.15) is 4.90 Å². The Kier molecular flexibility index (Phi) is 4.03. The van der Waals surface area contributed by atoms with Gasteiger partial charge in [0.25, 0.3) is 0 Å². The fourth-order valence-corrected chi connectivity index (χ4v) is 5.24. The van der Waals surface area contributed by atoms with E-state index in [-0.39, 0.29) is 10.9 Å². The van der Waals surface area contributed by atoms with Gasteiger partial charge in [-0.25, -0.2) is 13.1 Å². The zero-order valence-electron chi connectivity index (χ0n) is 12.3. The topological polar surface area (TPSA) is 85.1 Å². The van der Waals surface area contributed by atoms with Crippen LogP contribution in [0.15, 0.2) is 23.2 Å². The molecule has 4 atom stereocenters. The first kappa shape index (κ1) is 14.9. The smallest absolute Gasteiger partial charge is 0.242 e. The third-order valence-corrected chi connectivity index (χ3v) is 6.64. The Balaban J connectivity index is 1.70. The van der Waals surface area contributed by atoms with E-state index in [1.165, 1.54) is 31.9 Å². The van der Waals surface area contributed by atoms with Gasteiger partial charge in [-0.1, -0.05) is 6.42 Å². The second-order valence-electron chi connectivity index (χ2n) is 6.44. The molecule has 2 fully saturated rings. The molecular formula is C15H23N3O2S. The van der Waals surface area contributed by atoms with Gasteiger partial charge in [-0.2, -0.15) is 0 Å². The third-order valence-electron chi connectivity index (χ3n) is 5.09. The highest BCUT2D eigenvalue weighted by atomic mass is 32.2. The van der Waals surface area contributed by atoms with Crippen LogP contribution in [0.25, 0.3) is 0 Å². The van der Waals surface area contributed by atoms with Crippen molar-refractivity contribution >= 4 is 10.0 Å². The summed E-state index contributed by atoms with van der Waals surface area (Å²) in [5, 5.41) is 0. The number of rotatable bonds is 5. The first-order valence-electron chi connectivity index (χ1n) is 7.67. The molecule has 2 bridgehead atoms. The van der Waals surface area contributed by atoms with Crippen LogP contribution in [0.4, 0.5) is 0 Å². The Bertz CT molecular complexity index is 600. The van der Waals surface area contributed by atoms with Crippen molar-refractivity contribution < 1.29 is 8.42 Å². The number of sulfonamides is 1. The van der Waals surface area contributed by atoms with Gasteiger partial charge in [-0.15, -0.1) is 0 Å². The van der Waals surface area contributed by atoms with Crippen molar-refractivity contribution in [2.45, 2.75) is 50.1 Å². The molecule has 0 saturated heterocycles. The molecule has 3 N–H and O–H groups in total. The monoisotopic (exact) mass is 309 g/mol. The van der Waals surface area contributed by atoms with Crippen LogP contribution in [0.5, 0.6) is 0 Å². The minimum Gasteiger partial charge on any atom is -0.325 e. The minimum atomic E-state index is -3.49. The van der Waals surface area contributed by atoms with Gasteiger partial charge in [0.15, 0.2) is 0 Å². The summed E-state index contributed by atoms with van der Waals surface area (Å²) < 4.78 is 27.7. The van der Waals surface area contributed by atoms with Gasteiger partial charge < -0.3 is 5.73 Å². The molecule has 1 aromatic heterocycles. The fourth-order valence-electron chi connectivity index (χ4n) is 4.00. The summed E-state index contributed by atoms with van der Waals surface area (Å²) in [7, 11) is -3.49. The number of pyridine rings is 1. The Morgan fingerprint density at radius 2 is 2.19 bits per heavy atom. The maximum Gasteiger partial charge on any atom is 0.242 e. The third kappa shape index (κ3) is 2.98. The molecule has 1 heterocycles. The van der Waals surface area contributed by atoms with Crippen molar-refractivity contribution in [1.82, 2.24) is 9.71 Å². The van der Waals surface area contributed by atoms with E-state index >= 15 is 0 Å². The van der Waals surface area contributed by atoms with Crippen molar-refractivity contribution in [1.29, 1.82) is 0 Å². The van der Waals surface area contributed by atoms with Gasteiger partial charge in [0, 0.05) is 18.8 Å². The van der Waals surface area contributed by atoms with Gasteiger partial charge in [0.2, 0.25) is 10.0 Å². The zero-order chi connectivity index (χ0) is 15.0. The average molecular weight is 309 g/mol. The van der Waals surface area contributed by atoms with Crippen molar-refractivity contribution in [2.75, 3.05) is 0 Å². The highest BCUT2D eigenvalue weighted by molar-refractivity contribution is 7.89. The quantitative estimate of drug-likeness (QED) is 0.866. The highest BCUT2D eigenvalue weighted by Gasteiger charge is 2.42. The van der Waals surface area contributed by atoms with Crippen LogP contribution < -0.4 is 10.5 Å². The summed E-state index contributed by atoms with van der Waals surface area (Å²) >= 11 is 0. The summed E-state index contributed by atoms with van der Waals surface area (Å²) in [6.45, 7) is 2.31. The van der Waals surface area contributed by atoms with E-state index in [1.54, 1.807) is 12.1 Å². The molecule has 0 radical (unpaired) electrons. The van der Waals surface area contributed by atoms with E-state index in [4.69, 9.17) is 5.73 Å². The van der Waals surface area contributed by atoms with Crippen LogP contribution in [-0.4, -0.2) is 19.4 Å². The first-order chi connectivity index (χ1) is 9.99. The molecule has 4 unspecified atom stereocenters. The molecule has 2 aliphatic rings. The Morgan fingerprint density at radius 3 is 2.71 bits per heavy atom. The predicted octanol–water partition coefficient (Wildman–Crippen LogP) is 1.64.